The fourth-order valence-electron chi connectivity index (χ4n) is 9.50. The van der Waals surface area contributed by atoms with Crippen molar-refractivity contribution in [3.63, 3.8) is 0 Å². The maximum atomic E-state index is 10.8. The fourth-order valence-corrected chi connectivity index (χ4v) is 9.50. The molecule has 8 unspecified atom stereocenters. The lowest BCUT2D eigenvalue weighted by Gasteiger charge is -2.64. The van der Waals surface area contributed by atoms with Gasteiger partial charge in [0.2, 0.25) is 0 Å². The molecule has 1 nitrogen and oxygen atoms in total. The van der Waals surface area contributed by atoms with Gasteiger partial charge in [-0.25, -0.2) is 0 Å². The molecule has 0 amide bonds. The molecule has 33 heavy (non-hydrogen) atoms. The van der Waals surface area contributed by atoms with E-state index in [0.717, 1.165) is 24.2 Å². The molecule has 0 radical (unpaired) electrons. The molecular formula is C32H54O. The normalized spacial score (nSPS) is 46.2. The first kappa shape index (κ1) is 25.5. The Hall–Kier alpha value is -0.560. The van der Waals surface area contributed by atoms with Crippen LogP contribution in [0.1, 0.15) is 121 Å². The van der Waals surface area contributed by atoms with Gasteiger partial charge in [0.25, 0.3) is 0 Å². The van der Waals surface area contributed by atoms with E-state index in [1.54, 1.807) is 11.1 Å². The summed E-state index contributed by atoms with van der Waals surface area (Å²) in [6.07, 6.45) is 15.2. The zero-order valence-electron chi connectivity index (χ0n) is 23.6. The molecule has 0 heterocycles. The SMILES string of the molecule is CC(=CCC(C)C1CCC2(C)C3CCC4C(C)(CCC(O)C4(C)C)C3=CCC12C)C(C)(C)C. The molecule has 0 bridgehead atoms. The Balaban J connectivity index is 1.63. The maximum Gasteiger partial charge on any atom is 0.0594 e. The van der Waals surface area contributed by atoms with E-state index in [1.807, 2.05) is 0 Å². The van der Waals surface area contributed by atoms with E-state index in [9.17, 15) is 5.11 Å². The summed E-state index contributed by atoms with van der Waals surface area (Å²) in [5.74, 6) is 2.93. The summed E-state index contributed by atoms with van der Waals surface area (Å²) in [5.41, 5.74) is 4.78. The molecule has 8 atom stereocenters. The lowest BCUT2D eigenvalue weighted by atomic mass is 9.41. The molecule has 0 spiro atoms. The number of aliphatic hydroxyl groups excluding tert-OH is 1. The monoisotopic (exact) mass is 454 g/mol. The first-order valence-corrected chi connectivity index (χ1v) is 14.1. The van der Waals surface area contributed by atoms with Crippen molar-refractivity contribution < 1.29 is 5.11 Å². The van der Waals surface area contributed by atoms with Crippen LogP contribution >= 0.6 is 0 Å². The molecular weight excluding hydrogens is 400 g/mol. The number of aliphatic hydroxyl groups is 1. The quantitative estimate of drug-likeness (QED) is 0.422. The van der Waals surface area contributed by atoms with Gasteiger partial charge in [-0.3, -0.25) is 0 Å². The zero-order chi connectivity index (χ0) is 24.6. The number of rotatable bonds is 3. The highest BCUT2D eigenvalue weighted by molar-refractivity contribution is 5.32. The number of fused-ring (bicyclic) bond motifs is 5. The van der Waals surface area contributed by atoms with E-state index in [2.05, 4.69) is 81.4 Å². The third kappa shape index (κ3) is 3.65. The van der Waals surface area contributed by atoms with Crippen LogP contribution in [0.25, 0.3) is 0 Å². The molecule has 1 heteroatoms. The predicted molar refractivity (Wildman–Crippen MR) is 142 cm³/mol. The summed E-state index contributed by atoms with van der Waals surface area (Å²) in [4.78, 5) is 0. The molecule has 0 aromatic heterocycles. The largest absolute Gasteiger partial charge is 0.393 e. The second-order valence-corrected chi connectivity index (χ2v) is 15.2. The molecule has 3 fully saturated rings. The molecule has 4 aliphatic rings. The Labute approximate surface area is 205 Å². The summed E-state index contributed by atoms with van der Waals surface area (Å²) in [5, 5.41) is 10.8. The molecule has 0 saturated heterocycles. The zero-order valence-corrected chi connectivity index (χ0v) is 23.6. The van der Waals surface area contributed by atoms with Crippen molar-refractivity contribution in [3.05, 3.63) is 23.3 Å². The first-order chi connectivity index (χ1) is 15.1. The standard InChI is InChI=1S/C32H54O/c1-21(11-12-22(2)28(3,4)5)23-15-19-32(10)25-13-14-26-29(6,7)27(33)17-18-30(26,8)24(25)16-20-31(23,32)9/h12,16,21,23,25-27,33H,11,13-15,17-20H2,1-10H3. The van der Waals surface area contributed by atoms with Crippen LogP contribution in [-0.4, -0.2) is 11.2 Å². The Bertz CT molecular complexity index is 824. The second kappa shape index (κ2) is 7.97. The van der Waals surface area contributed by atoms with Crippen molar-refractivity contribution in [2.75, 3.05) is 0 Å². The Kier molecular flexibility index (Phi) is 6.17. The number of allylic oxidation sites excluding steroid dienone is 4. The van der Waals surface area contributed by atoms with Gasteiger partial charge in [-0.1, -0.05) is 85.6 Å². The lowest BCUT2D eigenvalue weighted by molar-refractivity contribution is -0.118. The van der Waals surface area contributed by atoms with Gasteiger partial charge in [0.1, 0.15) is 0 Å². The molecule has 4 aliphatic carbocycles. The summed E-state index contributed by atoms with van der Waals surface area (Å²) in [6, 6.07) is 0. The van der Waals surface area contributed by atoms with E-state index < -0.39 is 0 Å². The minimum absolute atomic E-state index is 0.0322. The van der Waals surface area contributed by atoms with Crippen LogP contribution in [0.5, 0.6) is 0 Å². The average molecular weight is 455 g/mol. The average Bonchev–Trinajstić information content (AvgIpc) is 3.00. The Morgan fingerprint density at radius 3 is 2.33 bits per heavy atom. The molecule has 1 N–H and O–H groups in total. The van der Waals surface area contributed by atoms with Gasteiger partial charge in [0.15, 0.2) is 0 Å². The summed E-state index contributed by atoms with van der Waals surface area (Å²) in [6.45, 7) is 24.5. The van der Waals surface area contributed by atoms with Gasteiger partial charge < -0.3 is 5.11 Å². The van der Waals surface area contributed by atoms with Crippen LogP contribution in [-0.2, 0) is 0 Å². The van der Waals surface area contributed by atoms with E-state index >= 15 is 0 Å². The van der Waals surface area contributed by atoms with E-state index in [1.165, 1.54) is 44.9 Å². The van der Waals surface area contributed by atoms with Gasteiger partial charge in [0, 0.05) is 0 Å². The Morgan fingerprint density at radius 2 is 1.70 bits per heavy atom. The van der Waals surface area contributed by atoms with Crippen molar-refractivity contribution in [1.82, 2.24) is 0 Å². The molecule has 0 aliphatic heterocycles. The predicted octanol–water partition coefficient (Wildman–Crippen LogP) is 8.97. The smallest absolute Gasteiger partial charge is 0.0594 e. The minimum atomic E-state index is -0.140. The molecule has 4 rings (SSSR count). The van der Waals surface area contributed by atoms with Crippen molar-refractivity contribution in [2.24, 2.45) is 50.7 Å². The lowest BCUT2D eigenvalue weighted by Crippen LogP contribution is -2.57. The van der Waals surface area contributed by atoms with Gasteiger partial charge in [-0.05, 0) is 109 Å². The fraction of sp³-hybridized carbons (Fsp3) is 0.875. The third-order valence-corrected chi connectivity index (χ3v) is 12.5. The highest BCUT2D eigenvalue weighted by atomic mass is 16.3. The van der Waals surface area contributed by atoms with E-state index in [4.69, 9.17) is 0 Å². The van der Waals surface area contributed by atoms with Crippen molar-refractivity contribution in [2.45, 2.75) is 127 Å². The van der Waals surface area contributed by atoms with Gasteiger partial charge >= 0.3 is 0 Å². The van der Waals surface area contributed by atoms with Crippen LogP contribution in [0.2, 0.25) is 0 Å². The van der Waals surface area contributed by atoms with Crippen LogP contribution in [0.4, 0.5) is 0 Å². The van der Waals surface area contributed by atoms with Crippen molar-refractivity contribution in [3.8, 4) is 0 Å². The van der Waals surface area contributed by atoms with Crippen molar-refractivity contribution >= 4 is 0 Å². The van der Waals surface area contributed by atoms with Crippen LogP contribution < -0.4 is 0 Å². The molecule has 3 saturated carbocycles. The number of hydrogen-bond acceptors (Lipinski definition) is 1. The Morgan fingerprint density at radius 1 is 1.03 bits per heavy atom. The molecule has 0 aromatic carbocycles. The number of hydrogen-bond donors (Lipinski definition) is 1. The molecule has 0 aromatic rings. The first-order valence-electron chi connectivity index (χ1n) is 14.1. The van der Waals surface area contributed by atoms with E-state index in [0.29, 0.717) is 16.7 Å². The summed E-state index contributed by atoms with van der Waals surface area (Å²) < 4.78 is 0. The molecule has 188 valence electrons. The van der Waals surface area contributed by atoms with Crippen molar-refractivity contribution in [1.29, 1.82) is 0 Å². The van der Waals surface area contributed by atoms with E-state index in [-0.39, 0.29) is 22.3 Å². The van der Waals surface area contributed by atoms with Gasteiger partial charge in [0.05, 0.1) is 6.10 Å². The van der Waals surface area contributed by atoms with Crippen LogP contribution in [0.3, 0.4) is 0 Å². The van der Waals surface area contributed by atoms with Gasteiger partial charge in [-0.15, -0.1) is 0 Å². The summed E-state index contributed by atoms with van der Waals surface area (Å²) in [7, 11) is 0. The van der Waals surface area contributed by atoms with Crippen LogP contribution in [0, 0.1) is 50.7 Å². The highest BCUT2D eigenvalue weighted by Gasteiger charge is 2.65. The topological polar surface area (TPSA) is 20.2 Å². The highest BCUT2D eigenvalue weighted by Crippen LogP contribution is 2.73. The van der Waals surface area contributed by atoms with Crippen LogP contribution in [0.15, 0.2) is 23.3 Å². The summed E-state index contributed by atoms with van der Waals surface area (Å²) >= 11 is 0. The second-order valence-electron chi connectivity index (χ2n) is 15.2. The minimum Gasteiger partial charge on any atom is -0.393 e. The maximum absolute atomic E-state index is 10.8. The third-order valence-electron chi connectivity index (χ3n) is 12.5. The van der Waals surface area contributed by atoms with Gasteiger partial charge in [-0.2, -0.15) is 0 Å².